The van der Waals surface area contributed by atoms with Crippen molar-refractivity contribution in [1.82, 2.24) is 14.7 Å². The van der Waals surface area contributed by atoms with E-state index in [0.717, 1.165) is 0 Å². The Balaban J connectivity index is 2.13. The highest BCUT2D eigenvalue weighted by atomic mass is 32.2. The van der Waals surface area contributed by atoms with Crippen LogP contribution >= 0.6 is 0 Å². The molecule has 2 aromatic heterocycles. The third kappa shape index (κ3) is 2.84. The summed E-state index contributed by atoms with van der Waals surface area (Å²) in [6.07, 6.45) is 2.85. The number of sulfonamides is 1. The van der Waals surface area contributed by atoms with Gasteiger partial charge in [0.2, 0.25) is 15.9 Å². The van der Waals surface area contributed by atoms with Gasteiger partial charge in [0.05, 0.1) is 17.6 Å². The van der Waals surface area contributed by atoms with E-state index >= 15 is 0 Å². The first-order chi connectivity index (χ1) is 8.47. The van der Waals surface area contributed by atoms with Crippen molar-refractivity contribution in [3.63, 3.8) is 0 Å². The van der Waals surface area contributed by atoms with Crippen LogP contribution in [0.3, 0.4) is 0 Å². The lowest BCUT2D eigenvalue weighted by atomic mass is 10.5. The highest BCUT2D eigenvalue weighted by Gasteiger charge is 2.15. The van der Waals surface area contributed by atoms with Gasteiger partial charge in [-0.15, -0.1) is 0 Å². The van der Waals surface area contributed by atoms with E-state index < -0.39 is 10.0 Å². The Bertz CT molecular complexity index is 651. The highest BCUT2D eigenvalue weighted by molar-refractivity contribution is 7.89. The van der Waals surface area contributed by atoms with Crippen molar-refractivity contribution in [1.29, 1.82) is 0 Å². The molecule has 7 nitrogen and oxygen atoms in total. The van der Waals surface area contributed by atoms with Gasteiger partial charge in [-0.3, -0.25) is 0 Å². The normalized spacial score (nSPS) is 11.6. The van der Waals surface area contributed by atoms with Gasteiger partial charge in [0.15, 0.2) is 0 Å². The molecule has 0 bridgehead atoms. The second kappa shape index (κ2) is 4.75. The molecule has 0 spiro atoms. The molecule has 0 aromatic carbocycles. The fourth-order valence-corrected chi connectivity index (χ4v) is 2.31. The molecule has 0 amide bonds. The lowest BCUT2D eigenvalue weighted by Gasteiger charge is -2.04. The molecule has 0 fully saturated rings. The Morgan fingerprint density at radius 3 is 2.83 bits per heavy atom. The first kappa shape index (κ1) is 12.5. The van der Waals surface area contributed by atoms with Crippen LogP contribution in [0.25, 0.3) is 0 Å². The van der Waals surface area contributed by atoms with Crippen LogP contribution in [-0.2, 0) is 16.6 Å². The first-order valence-corrected chi connectivity index (χ1v) is 6.58. The van der Waals surface area contributed by atoms with E-state index in [1.54, 1.807) is 6.92 Å². The number of nitrogens with two attached hydrogens (primary N) is 1. The van der Waals surface area contributed by atoms with Crippen molar-refractivity contribution in [2.75, 3.05) is 5.73 Å². The standard InChI is InChI=1S/C10H12N4O3S/c1-7-5-13-10(17-7)6-14-18(15,16)8-2-3-12-9(11)4-8/h2-5,14H,6H2,1H3,(H2,11,12). The van der Waals surface area contributed by atoms with Gasteiger partial charge in [-0.05, 0) is 13.0 Å². The average molecular weight is 268 g/mol. The van der Waals surface area contributed by atoms with Gasteiger partial charge in [-0.25, -0.2) is 23.1 Å². The first-order valence-electron chi connectivity index (χ1n) is 5.10. The van der Waals surface area contributed by atoms with Crippen LogP contribution in [0, 0.1) is 6.92 Å². The van der Waals surface area contributed by atoms with E-state index in [-0.39, 0.29) is 17.3 Å². The number of hydrogen-bond donors (Lipinski definition) is 2. The van der Waals surface area contributed by atoms with Gasteiger partial charge in [0.25, 0.3) is 0 Å². The second-order valence-electron chi connectivity index (χ2n) is 3.61. The Labute approximate surface area is 104 Å². The maximum atomic E-state index is 11.9. The van der Waals surface area contributed by atoms with Crippen LogP contribution in [0.1, 0.15) is 11.7 Å². The largest absolute Gasteiger partial charge is 0.445 e. The lowest BCUT2D eigenvalue weighted by Crippen LogP contribution is -2.23. The summed E-state index contributed by atoms with van der Waals surface area (Å²) in [7, 11) is -3.64. The molecule has 0 aliphatic carbocycles. The lowest BCUT2D eigenvalue weighted by molar-refractivity contribution is 0.463. The Morgan fingerprint density at radius 2 is 2.22 bits per heavy atom. The van der Waals surface area contributed by atoms with Crippen LogP contribution in [0.4, 0.5) is 5.82 Å². The Morgan fingerprint density at radius 1 is 1.44 bits per heavy atom. The summed E-state index contributed by atoms with van der Waals surface area (Å²) < 4.78 is 31.3. The maximum absolute atomic E-state index is 11.9. The van der Waals surface area contributed by atoms with Crippen molar-refractivity contribution in [3.8, 4) is 0 Å². The molecule has 96 valence electrons. The molecule has 0 radical (unpaired) electrons. The smallest absolute Gasteiger partial charge is 0.241 e. The quantitative estimate of drug-likeness (QED) is 0.832. The second-order valence-corrected chi connectivity index (χ2v) is 5.37. The number of nitrogen functional groups attached to an aromatic ring is 1. The van der Waals surface area contributed by atoms with Crippen LogP contribution in [0.5, 0.6) is 0 Å². The summed E-state index contributed by atoms with van der Waals surface area (Å²) in [4.78, 5) is 7.68. The zero-order chi connectivity index (χ0) is 13.2. The summed E-state index contributed by atoms with van der Waals surface area (Å²) in [5, 5.41) is 0. The van der Waals surface area contributed by atoms with Gasteiger partial charge in [-0.1, -0.05) is 0 Å². The predicted molar refractivity (Wildman–Crippen MR) is 63.9 cm³/mol. The van der Waals surface area contributed by atoms with Crippen molar-refractivity contribution in [2.45, 2.75) is 18.4 Å². The van der Waals surface area contributed by atoms with E-state index in [0.29, 0.717) is 11.7 Å². The van der Waals surface area contributed by atoms with Gasteiger partial charge in [-0.2, -0.15) is 0 Å². The summed E-state index contributed by atoms with van der Waals surface area (Å²) in [5.41, 5.74) is 5.43. The number of aromatic nitrogens is 2. The number of nitrogens with one attached hydrogen (secondary N) is 1. The molecule has 3 N–H and O–H groups in total. The molecular weight excluding hydrogens is 256 g/mol. The summed E-state index contributed by atoms with van der Waals surface area (Å²) in [6, 6.07) is 2.64. The third-order valence-electron chi connectivity index (χ3n) is 2.15. The van der Waals surface area contributed by atoms with Crippen molar-refractivity contribution < 1.29 is 12.8 Å². The van der Waals surface area contributed by atoms with E-state index in [1.165, 1.54) is 24.5 Å². The minimum Gasteiger partial charge on any atom is -0.445 e. The fourth-order valence-electron chi connectivity index (χ4n) is 1.32. The molecule has 2 heterocycles. The average Bonchev–Trinajstić information content (AvgIpc) is 2.73. The van der Waals surface area contributed by atoms with E-state index in [2.05, 4.69) is 14.7 Å². The molecule has 0 unspecified atom stereocenters. The zero-order valence-electron chi connectivity index (χ0n) is 9.62. The minimum atomic E-state index is -3.64. The SMILES string of the molecule is Cc1cnc(CNS(=O)(=O)c2ccnc(N)c2)o1. The number of oxazole rings is 1. The molecule has 2 aromatic rings. The number of aryl methyl sites for hydroxylation is 1. The number of nitrogens with zero attached hydrogens (tertiary/aromatic N) is 2. The van der Waals surface area contributed by atoms with Crippen molar-refractivity contribution >= 4 is 15.8 Å². The topological polar surface area (TPSA) is 111 Å². The van der Waals surface area contributed by atoms with Gasteiger partial charge < -0.3 is 10.2 Å². The summed E-state index contributed by atoms with van der Waals surface area (Å²) in [6.45, 7) is 1.72. The molecule has 0 aliphatic rings. The van der Waals surface area contributed by atoms with Crippen LogP contribution in [-0.4, -0.2) is 18.4 Å². The third-order valence-corrected chi connectivity index (χ3v) is 3.54. The van der Waals surface area contributed by atoms with Crippen LogP contribution in [0.15, 0.2) is 33.8 Å². The van der Waals surface area contributed by atoms with E-state index in [9.17, 15) is 8.42 Å². The number of anilines is 1. The molecule has 2 rings (SSSR count). The molecular formula is C10H12N4O3S. The molecule has 0 atom stereocenters. The predicted octanol–water partition coefficient (Wildman–Crippen LogP) is 0.439. The molecule has 0 saturated heterocycles. The zero-order valence-corrected chi connectivity index (χ0v) is 10.4. The summed E-state index contributed by atoms with van der Waals surface area (Å²) >= 11 is 0. The van der Waals surface area contributed by atoms with Gasteiger partial charge in [0.1, 0.15) is 11.6 Å². The summed E-state index contributed by atoms with van der Waals surface area (Å²) in [5.74, 6) is 1.07. The minimum absolute atomic E-state index is 0.0155. The fraction of sp³-hybridized carbons (Fsp3) is 0.200. The number of rotatable bonds is 4. The molecule has 18 heavy (non-hydrogen) atoms. The van der Waals surface area contributed by atoms with Crippen LogP contribution < -0.4 is 10.5 Å². The number of pyridine rings is 1. The Kier molecular flexibility index (Phi) is 3.30. The van der Waals surface area contributed by atoms with Gasteiger partial charge >= 0.3 is 0 Å². The molecule has 0 saturated carbocycles. The van der Waals surface area contributed by atoms with Crippen molar-refractivity contribution in [2.24, 2.45) is 0 Å². The van der Waals surface area contributed by atoms with Gasteiger partial charge in [0, 0.05) is 12.3 Å². The number of hydrogen-bond acceptors (Lipinski definition) is 6. The Hall–Kier alpha value is -1.93. The van der Waals surface area contributed by atoms with E-state index in [1.807, 2.05) is 0 Å². The maximum Gasteiger partial charge on any atom is 0.241 e. The van der Waals surface area contributed by atoms with Crippen LogP contribution in [0.2, 0.25) is 0 Å². The molecule has 0 aliphatic heterocycles. The molecule has 8 heteroatoms. The monoisotopic (exact) mass is 268 g/mol. The van der Waals surface area contributed by atoms with E-state index in [4.69, 9.17) is 10.2 Å². The highest BCUT2D eigenvalue weighted by Crippen LogP contribution is 2.11. The van der Waals surface area contributed by atoms with Crippen molar-refractivity contribution in [3.05, 3.63) is 36.2 Å².